The lowest BCUT2D eigenvalue weighted by Crippen LogP contribution is -2.00. The number of aliphatic carboxylic acids is 1. The van der Waals surface area contributed by atoms with E-state index in [1.54, 1.807) is 0 Å². The van der Waals surface area contributed by atoms with Crippen molar-refractivity contribution in [2.75, 3.05) is 0 Å². The number of carbonyl (C=O) groups is 1. The molecule has 0 aliphatic carbocycles. The highest BCUT2D eigenvalue weighted by Crippen LogP contribution is 2.31. The van der Waals surface area contributed by atoms with Crippen molar-refractivity contribution in [2.45, 2.75) is 6.42 Å². The lowest BCUT2D eigenvalue weighted by Gasteiger charge is -2.04. The summed E-state index contributed by atoms with van der Waals surface area (Å²) < 4.78 is 0.235. The molecule has 1 aromatic rings. The molecule has 1 rings (SSSR count). The number of hydrogen-bond acceptors (Lipinski definition) is 3. The second-order valence-electron chi connectivity index (χ2n) is 2.62. The molecular formula is C9H6BrNO3. The van der Waals surface area contributed by atoms with Crippen molar-refractivity contribution in [3.63, 3.8) is 0 Å². The fourth-order valence-electron chi connectivity index (χ4n) is 0.996. The summed E-state index contributed by atoms with van der Waals surface area (Å²) >= 11 is 3.02. The summed E-state index contributed by atoms with van der Waals surface area (Å²) in [6, 6.07) is 4.75. The first-order chi connectivity index (χ1) is 6.56. The van der Waals surface area contributed by atoms with E-state index in [0.717, 1.165) is 0 Å². The maximum absolute atomic E-state index is 10.4. The van der Waals surface area contributed by atoms with Crippen LogP contribution in [-0.4, -0.2) is 16.2 Å². The fraction of sp³-hybridized carbons (Fsp3) is 0.111. The third-order valence-electron chi connectivity index (χ3n) is 1.66. The highest BCUT2D eigenvalue weighted by molar-refractivity contribution is 9.10. The SMILES string of the molecule is N#Cc1ccc(CC(=O)O)c(O)c1Br. The van der Waals surface area contributed by atoms with E-state index in [4.69, 9.17) is 10.4 Å². The lowest BCUT2D eigenvalue weighted by atomic mass is 10.1. The summed E-state index contributed by atoms with van der Waals surface area (Å²) in [5, 5.41) is 26.6. The lowest BCUT2D eigenvalue weighted by molar-refractivity contribution is -0.136. The molecule has 2 N–H and O–H groups in total. The normalized spacial score (nSPS) is 9.43. The van der Waals surface area contributed by atoms with Crippen molar-refractivity contribution < 1.29 is 15.0 Å². The molecule has 0 fully saturated rings. The Morgan fingerprint density at radius 1 is 1.57 bits per heavy atom. The molecule has 1 aromatic carbocycles. The second kappa shape index (κ2) is 4.11. The van der Waals surface area contributed by atoms with Crippen LogP contribution in [0, 0.1) is 11.3 Å². The second-order valence-corrected chi connectivity index (χ2v) is 3.41. The average molecular weight is 256 g/mol. The van der Waals surface area contributed by atoms with Crippen LogP contribution in [0.2, 0.25) is 0 Å². The molecule has 0 aliphatic heterocycles. The largest absolute Gasteiger partial charge is 0.506 e. The third kappa shape index (κ3) is 2.03. The summed E-state index contributed by atoms with van der Waals surface area (Å²) in [4.78, 5) is 10.4. The molecule has 4 nitrogen and oxygen atoms in total. The quantitative estimate of drug-likeness (QED) is 0.842. The molecule has 0 spiro atoms. The van der Waals surface area contributed by atoms with Crippen molar-refractivity contribution in [3.05, 3.63) is 27.7 Å². The number of benzene rings is 1. The van der Waals surface area contributed by atoms with Gasteiger partial charge in [0.1, 0.15) is 11.8 Å². The molecule has 14 heavy (non-hydrogen) atoms. The van der Waals surface area contributed by atoms with Gasteiger partial charge in [0.15, 0.2) is 0 Å². The minimum Gasteiger partial charge on any atom is -0.506 e. The number of nitriles is 1. The molecule has 0 bridgehead atoms. The van der Waals surface area contributed by atoms with Gasteiger partial charge >= 0.3 is 5.97 Å². The minimum absolute atomic E-state index is 0.188. The molecule has 0 saturated heterocycles. The molecule has 0 unspecified atom stereocenters. The molecule has 0 aliphatic rings. The van der Waals surface area contributed by atoms with E-state index in [1.807, 2.05) is 6.07 Å². The van der Waals surface area contributed by atoms with Crippen LogP contribution in [0.3, 0.4) is 0 Å². The van der Waals surface area contributed by atoms with Crippen LogP contribution >= 0.6 is 15.9 Å². The predicted molar refractivity (Wildman–Crippen MR) is 51.9 cm³/mol. The Morgan fingerprint density at radius 2 is 2.21 bits per heavy atom. The van der Waals surface area contributed by atoms with Gasteiger partial charge in [0.2, 0.25) is 0 Å². The zero-order chi connectivity index (χ0) is 10.7. The number of halogens is 1. The van der Waals surface area contributed by atoms with Gasteiger partial charge in [0, 0.05) is 5.56 Å². The molecule has 0 heterocycles. The number of nitrogens with zero attached hydrogens (tertiary/aromatic N) is 1. The van der Waals surface area contributed by atoms with Crippen LogP contribution in [0.1, 0.15) is 11.1 Å². The summed E-state index contributed by atoms with van der Waals surface area (Å²) in [6.07, 6.45) is -0.268. The predicted octanol–water partition coefficient (Wildman–Crippen LogP) is 1.65. The summed E-state index contributed by atoms with van der Waals surface area (Å²) in [6.45, 7) is 0. The topological polar surface area (TPSA) is 81.3 Å². The van der Waals surface area contributed by atoms with E-state index in [1.165, 1.54) is 12.1 Å². The summed E-state index contributed by atoms with van der Waals surface area (Å²) in [5.41, 5.74) is 0.556. The molecular weight excluding hydrogens is 250 g/mol. The van der Waals surface area contributed by atoms with E-state index in [-0.39, 0.29) is 27.8 Å². The van der Waals surface area contributed by atoms with Crippen molar-refractivity contribution >= 4 is 21.9 Å². The Hall–Kier alpha value is -1.54. The van der Waals surface area contributed by atoms with E-state index in [0.29, 0.717) is 0 Å². The van der Waals surface area contributed by atoms with E-state index in [2.05, 4.69) is 15.9 Å². The van der Waals surface area contributed by atoms with Crippen LogP contribution in [-0.2, 0) is 11.2 Å². The first-order valence-electron chi connectivity index (χ1n) is 3.68. The fourth-order valence-corrected chi connectivity index (χ4v) is 1.47. The first-order valence-corrected chi connectivity index (χ1v) is 4.47. The van der Waals surface area contributed by atoms with Gasteiger partial charge in [0.25, 0.3) is 0 Å². The Balaban J connectivity index is 3.18. The van der Waals surface area contributed by atoms with Crippen LogP contribution in [0.5, 0.6) is 5.75 Å². The Morgan fingerprint density at radius 3 is 2.71 bits per heavy atom. The number of carboxylic acids is 1. The Bertz CT molecular complexity index is 423. The monoisotopic (exact) mass is 255 g/mol. The number of hydrogen-bond donors (Lipinski definition) is 2. The zero-order valence-corrected chi connectivity index (χ0v) is 8.58. The van der Waals surface area contributed by atoms with Gasteiger partial charge < -0.3 is 10.2 Å². The molecule has 0 aromatic heterocycles. The maximum Gasteiger partial charge on any atom is 0.307 e. The van der Waals surface area contributed by atoms with Gasteiger partial charge in [-0.1, -0.05) is 6.07 Å². The highest BCUT2D eigenvalue weighted by Gasteiger charge is 2.12. The van der Waals surface area contributed by atoms with Crippen molar-refractivity contribution in [1.82, 2.24) is 0 Å². The molecule has 0 saturated carbocycles. The van der Waals surface area contributed by atoms with Gasteiger partial charge in [-0.15, -0.1) is 0 Å². The minimum atomic E-state index is -1.03. The van der Waals surface area contributed by atoms with E-state index < -0.39 is 5.97 Å². The maximum atomic E-state index is 10.4. The van der Waals surface area contributed by atoms with Gasteiger partial charge in [-0.2, -0.15) is 5.26 Å². The van der Waals surface area contributed by atoms with Gasteiger partial charge in [-0.25, -0.2) is 0 Å². The van der Waals surface area contributed by atoms with Gasteiger partial charge in [-0.3, -0.25) is 4.79 Å². The van der Waals surface area contributed by atoms with E-state index >= 15 is 0 Å². The number of rotatable bonds is 2. The van der Waals surface area contributed by atoms with Crippen LogP contribution in [0.25, 0.3) is 0 Å². The standard InChI is InChI=1S/C9H6BrNO3/c10-8-6(4-11)2-1-5(9(8)14)3-7(12)13/h1-2,14H,3H2,(H,12,13). The number of aromatic hydroxyl groups is 1. The molecule has 0 radical (unpaired) electrons. The Labute approximate surface area is 88.5 Å². The van der Waals surface area contributed by atoms with Crippen molar-refractivity contribution in [2.24, 2.45) is 0 Å². The van der Waals surface area contributed by atoms with Gasteiger partial charge in [0.05, 0.1) is 16.5 Å². The molecule has 0 amide bonds. The molecule has 0 atom stereocenters. The molecule has 5 heteroatoms. The van der Waals surface area contributed by atoms with Crippen molar-refractivity contribution in [3.8, 4) is 11.8 Å². The van der Waals surface area contributed by atoms with Crippen LogP contribution in [0.15, 0.2) is 16.6 Å². The summed E-state index contributed by atoms with van der Waals surface area (Å²) in [7, 11) is 0. The highest BCUT2D eigenvalue weighted by atomic mass is 79.9. The zero-order valence-electron chi connectivity index (χ0n) is 6.99. The number of carboxylic acid groups (broad SMARTS) is 1. The first kappa shape index (κ1) is 10.5. The smallest absolute Gasteiger partial charge is 0.307 e. The van der Waals surface area contributed by atoms with Gasteiger partial charge in [-0.05, 0) is 22.0 Å². The average Bonchev–Trinajstić information content (AvgIpc) is 2.13. The number of phenols is 1. The molecule has 72 valence electrons. The summed E-state index contributed by atoms with van der Waals surface area (Å²) in [5.74, 6) is -1.22. The van der Waals surface area contributed by atoms with Crippen molar-refractivity contribution in [1.29, 1.82) is 5.26 Å². The Kier molecular flexibility index (Phi) is 3.10. The third-order valence-corrected chi connectivity index (χ3v) is 2.46. The van der Waals surface area contributed by atoms with Crippen LogP contribution < -0.4 is 0 Å². The van der Waals surface area contributed by atoms with E-state index in [9.17, 15) is 9.90 Å². The number of phenolic OH excluding ortho intramolecular Hbond substituents is 1. The van der Waals surface area contributed by atoms with Crippen LogP contribution in [0.4, 0.5) is 0 Å².